The predicted molar refractivity (Wildman–Crippen MR) is 75.4 cm³/mol. The first-order chi connectivity index (χ1) is 9.58. The van der Waals surface area contributed by atoms with Crippen molar-refractivity contribution in [1.29, 1.82) is 0 Å². The van der Waals surface area contributed by atoms with Crippen molar-refractivity contribution in [3.63, 3.8) is 0 Å². The van der Waals surface area contributed by atoms with Crippen molar-refractivity contribution >= 4 is 5.91 Å². The average molecular weight is 283 g/mol. The van der Waals surface area contributed by atoms with Gasteiger partial charge in [0.15, 0.2) is 11.6 Å². The molecule has 1 aromatic carbocycles. The molecule has 0 aliphatic rings. The number of aliphatic hydroxyl groups is 1. The topological polar surface area (TPSA) is 49.8 Å². The number of amides is 1. The van der Waals surface area contributed by atoms with Crippen LogP contribution in [0, 0.1) is 5.82 Å². The lowest BCUT2D eigenvalue weighted by atomic mass is 10.1. The molecule has 0 saturated heterocycles. The lowest BCUT2D eigenvalue weighted by molar-refractivity contribution is 0.0622. The molecule has 0 aromatic heterocycles. The smallest absolute Gasteiger partial charge is 0.254 e. The van der Waals surface area contributed by atoms with Gasteiger partial charge >= 0.3 is 0 Å². The Labute approximate surface area is 119 Å². The molecule has 20 heavy (non-hydrogen) atoms. The number of hydrogen-bond acceptors (Lipinski definition) is 3. The van der Waals surface area contributed by atoms with Gasteiger partial charge in [0.25, 0.3) is 5.91 Å². The summed E-state index contributed by atoms with van der Waals surface area (Å²) in [6.07, 6.45) is 1.61. The normalized spacial score (nSPS) is 10.7. The lowest BCUT2D eigenvalue weighted by Crippen LogP contribution is -2.41. The Kier molecular flexibility index (Phi) is 6.45. The number of hydrogen-bond donors (Lipinski definition) is 1. The lowest BCUT2D eigenvalue weighted by Gasteiger charge is -2.30. The van der Waals surface area contributed by atoms with Gasteiger partial charge in [-0.05, 0) is 31.0 Å². The van der Waals surface area contributed by atoms with Gasteiger partial charge in [-0.25, -0.2) is 4.39 Å². The summed E-state index contributed by atoms with van der Waals surface area (Å²) < 4.78 is 18.3. The van der Waals surface area contributed by atoms with Crippen LogP contribution in [0.4, 0.5) is 4.39 Å². The first kappa shape index (κ1) is 16.4. The number of halogens is 1. The zero-order valence-corrected chi connectivity index (χ0v) is 12.2. The number of nitrogens with zero attached hydrogens (tertiary/aromatic N) is 1. The van der Waals surface area contributed by atoms with E-state index < -0.39 is 5.82 Å². The van der Waals surface area contributed by atoms with Crippen molar-refractivity contribution in [2.45, 2.75) is 32.7 Å². The van der Waals surface area contributed by atoms with Crippen LogP contribution >= 0.6 is 0 Å². The van der Waals surface area contributed by atoms with Gasteiger partial charge in [-0.1, -0.05) is 13.8 Å². The number of carbonyl (C=O) groups is 1. The molecule has 0 aliphatic heterocycles. The highest BCUT2D eigenvalue weighted by molar-refractivity contribution is 5.94. The molecule has 1 N–H and O–H groups in total. The second-order valence-corrected chi connectivity index (χ2v) is 4.54. The summed E-state index contributed by atoms with van der Waals surface area (Å²) >= 11 is 0. The predicted octanol–water partition coefficient (Wildman–Crippen LogP) is 2.46. The van der Waals surface area contributed by atoms with Crippen molar-refractivity contribution < 1.29 is 19.0 Å². The summed E-state index contributed by atoms with van der Waals surface area (Å²) in [5.41, 5.74) is 0.364. The van der Waals surface area contributed by atoms with Crippen LogP contribution in [0.2, 0.25) is 0 Å². The molecule has 0 unspecified atom stereocenters. The average Bonchev–Trinajstić information content (AvgIpc) is 2.47. The van der Waals surface area contributed by atoms with Gasteiger partial charge in [-0.3, -0.25) is 4.79 Å². The minimum atomic E-state index is -0.500. The van der Waals surface area contributed by atoms with Gasteiger partial charge in [0, 0.05) is 18.2 Å². The third-order valence-electron chi connectivity index (χ3n) is 3.38. The highest BCUT2D eigenvalue weighted by Gasteiger charge is 2.22. The van der Waals surface area contributed by atoms with E-state index >= 15 is 0 Å². The van der Waals surface area contributed by atoms with Gasteiger partial charge in [0.1, 0.15) is 0 Å². The summed E-state index contributed by atoms with van der Waals surface area (Å²) in [7, 11) is 1.36. The van der Waals surface area contributed by atoms with Crippen molar-refractivity contribution in [1.82, 2.24) is 4.90 Å². The maximum Gasteiger partial charge on any atom is 0.254 e. The van der Waals surface area contributed by atoms with E-state index in [4.69, 9.17) is 9.84 Å². The van der Waals surface area contributed by atoms with Crippen LogP contribution < -0.4 is 4.74 Å². The van der Waals surface area contributed by atoms with E-state index in [1.54, 1.807) is 4.90 Å². The second kappa shape index (κ2) is 7.85. The molecule has 4 nitrogen and oxygen atoms in total. The molecule has 0 aliphatic carbocycles. The minimum absolute atomic E-state index is 0.0457. The third-order valence-corrected chi connectivity index (χ3v) is 3.38. The molecular formula is C15H22FNO3. The summed E-state index contributed by atoms with van der Waals surface area (Å²) in [5.74, 6) is -0.671. The zero-order chi connectivity index (χ0) is 15.1. The molecule has 0 saturated carbocycles. The van der Waals surface area contributed by atoms with E-state index in [0.717, 1.165) is 12.8 Å². The first-order valence-corrected chi connectivity index (χ1v) is 6.84. The van der Waals surface area contributed by atoms with Crippen molar-refractivity contribution in [3.8, 4) is 5.75 Å². The Bertz CT molecular complexity index is 447. The fourth-order valence-corrected chi connectivity index (χ4v) is 2.25. The SMILES string of the molecule is CCC(CC)N(CCO)C(=O)c1ccc(F)c(OC)c1. The molecule has 1 rings (SSSR count). The van der Waals surface area contributed by atoms with Gasteiger partial charge in [0.2, 0.25) is 0 Å². The molecule has 5 heteroatoms. The van der Waals surface area contributed by atoms with E-state index in [1.165, 1.54) is 25.3 Å². The maximum atomic E-state index is 13.4. The highest BCUT2D eigenvalue weighted by atomic mass is 19.1. The summed E-state index contributed by atoms with van der Waals surface area (Å²) in [6, 6.07) is 4.11. The van der Waals surface area contributed by atoms with Gasteiger partial charge in [-0.2, -0.15) is 0 Å². The summed E-state index contributed by atoms with van der Waals surface area (Å²) in [4.78, 5) is 14.1. The minimum Gasteiger partial charge on any atom is -0.494 e. The molecule has 1 amide bonds. The highest BCUT2D eigenvalue weighted by Crippen LogP contribution is 2.21. The number of methoxy groups -OCH3 is 1. The fourth-order valence-electron chi connectivity index (χ4n) is 2.25. The van der Waals surface area contributed by atoms with Gasteiger partial charge in [-0.15, -0.1) is 0 Å². The van der Waals surface area contributed by atoms with Crippen LogP contribution in [0.1, 0.15) is 37.0 Å². The Morgan fingerprint density at radius 2 is 2.05 bits per heavy atom. The monoisotopic (exact) mass is 283 g/mol. The van der Waals surface area contributed by atoms with Crippen LogP contribution in [-0.2, 0) is 0 Å². The number of carbonyl (C=O) groups excluding carboxylic acids is 1. The third kappa shape index (κ3) is 3.70. The van der Waals surface area contributed by atoms with Crippen LogP contribution in [0.5, 0.6) is 5.75 Å². The van der Waals surface area contributed by atoms with Crippen molar-refractivity contribution in [2.24, 2.45) is 0 Å². The molecule has 0 spiro atoms. The van der Waals surface area contributed by atoms with Gasteiger partial charge < -0.3 is 14.7 Å². The Morgan fingerprint density at radius 1 is 1.40 bits per heavy atom. The molecule has 0 fully saturated rings. The van der Waals surface area contributed by atoms with Crippen LogP contribution in [0.15, 0.2) is 18.2 Å². The van der Waals surface area contributed by atoms with E-state index in [9.17, 15) is 9.18 Å². The zero-order valence-electron chi connectivity index (χ0n) is 12.2. The number of rotatable bonds is 7. The quantitative estimate of drug-likeness (QED) is 0.836. The van der Waals surface area contributed by atoms with E-state index in [2.05, 4.69) is 0 Å². The molecular weight excluding hydrogens is 261 g/mol. The largest absolute Gasteiger partial charge is 0.494 e. The molecule has 1 aromatic rings. The van der Waals surface area contributed by atoms with Crippen LogP contribution in [0.3, 0.4) is 0 Å². The molecule has 112 valence electrons. The standard InChI is InChI=1S/C15H22FNO3/c1-4-12(5-2)17(8-9-18)15(19)11-6-7-13(16)14(10-11)20-3/h6-7,10,12,18H,4-5,8-9H2,1-3H3. The molecule has 0 radical (unpaired) electrons. The van der Waals surface area contributed by atoms with E-state index in [-0.39, 0.29) is 30.9 Å². The Balaban J connectivity index is 3.05. The fraction of sp³-hybridized carbons (Fsp3) is 0.533. The number of benzene rings is 1. The number of ether oxygens (including phenoxy) is 1. The van der Waals surface area contributed by atoms with Crippen molar-refractivity contribution in [3.05, 3.63) is 29.6 Å². The number of aliphatic hydroxyl groups excluding tert-OH is 1. The van der Waals surface area contributed by atoms with Crippen LogP contribution in [-0.4, -0.2) is 42.2 Å². The Hall–Kier alpha value is -1.62. The first-order valence-electron chi connectivity index (χ1n) is 6.84. The van der Waals surface area contributed by atoms with Crippen LogP contribution in [0.25, 0.3) is 0 Å². The van der Waals surface area contributed by atoms with E-state index in [0.29, 0.717) is 5.56 Å². The maximum absolute atomic E-state index is 13.4. The van der Waals surface area contributed by atoms with E-state index in [1.807, 2.05) is 13.8 Å². The second-order valence-electron chi connectivity index (χ2n) is 4.54. The summed E-state index contributed by atoms with van der Waals surface area (Å²) in [6.45, 7) is 4.17. The summed E-state index contributed by atoms with van der Waals surface area (Å²) in [5, 5.41) is 9.14. The molecule has 0 heterocycles. The van der Waals surface area contributed by atoms with Gasteiger partial charge in [0.05, 0.1) is 13.7 Å². The Morgan fingerprint density at radius 3 is 2.55 bits per heavy atom. The van der Waals surface area contributed by atoms with Crippen molar-refractivity contribution in [2.75, 3.05) is 20.3 Å². The molecule has 0 atom stereocenters. The molecule has 0 bridgehead atoms.